The van der Waals surface area contributed by atoms with E-state index in [-0.39, 0.29) is 6.04 Å². The highest BCUT2D eigenvalue weighted by atomic mass is 79.9. The molecule has 0 amide bonds. The van der Waals surface area contributed by atoms with Gasteiger partial charge in [0.05, 0.1) is 28.7 Å². The second kappa shape index (κ2) is 6.39. The van der Waals surface area contributed by atoms with Crippen molar-refractivity contribution in [1.82, 2.24) is 15.1 Å². The molecule has 0 aliphatic carbocycles. The molecule has 1 N–H and O–H groups in total. The van der Waals surface area contributed by atoms with Crippen LogP contribution >= 0.6 is 15.9 Å². The second-order valence-electron chi connectivity index (χ2n) is 4.88. The lowest BCUT2D eigenvalue weighted by Gasteiger charge is -2.20. The smallest absolute Gasteiger partial charge is 0.103 e. The summed E-state index contributed by atoms with van der Waals surface area (Å²) in [5, 5.41) is 7.81. The Morgan fingerprint density at radius 3 is 2.84 bits per heavy atom. The Kier molecular flexibility index (Phi) is 4.82. The fraction of sp³-hybridized carbons (Fsp3) is 0.500. The van der Waals surface area contributed by atoms with E-state index in [4.69, 9.17) is 4.42 Å². The highest BCUT2D eigenvalue weighted by molar-refractivity contribution is 9.10. The van der Waals surface area contributed by atoms with Crippen LogP contribution in [0.2, 0.25) is 0 Å². The second-order valence-corrected chi connectivity index (χ2v) is 5.73. The van der Waals surface area contributed by atoms with Gasteiger partial charge in [0.25, 0.3) is 0 Å². The van der Waals surface area contributed by atoms with E-state index in [0.717, 1.165) is 23.1 Å². The average Bonchev–Trinajstić information content (AvgIpc) is 3.00. The number of aromatic nitrogens is 2. The molecule has 0 bridgehead atoms. The number of hydrogen-bond donors (Lipinski definition) is 1. The molecule has 0 spiro atoms. The first-order chi connectivity index (χ1) is 9.13. The van der Waals surface area contributed by atoms with Gasteiger partial charge in [-0.15, -0.1) is 0 Å². The first-order valence-corrected chi connectivity index (χ1v) is 7.35. The van der Waals surface area contributed by atoms with E-state index in [1.165, 1.54) is 5.69 Å². The third kappa shape index (κ3) is 3.28. The van der Waals surface area contributed by atoms with Gasteiger partial charge in [0.1, 0.15) is 5.76 Å². The van der Waals surface area contributed by atoms with Gasteiger partial charge in [0.2, 0.25) is 0 Å². The Morgan fingerprint density at radius 1 is 1.47 bits per heavy atom. The topological polar surface area (TPSA) is 43.0 Å². The number of rotatable bonds is 6. The van der Waals surface area contributed by atoms with Crippen molar-refractivity contribution in [2.45, 2.75) is 38.8 Å². The molecular weight excluding hydrogens is 306 g/mol. The molecule has 0 fully saturated rings. The van der Waals surface area contributed by atoms with Gasteiger partial charge in [-0.25, -0.2) is 0 Å². The third-order valence-electron chi connectivity index (χ3n) is 3.21. The van der Waals surface area contributed by atoms with Crippen LogP contribution in [0.5, 0.6) is 0 Å². The zero-order valence-corrected chi connectivity index (χ0v) is 13.1. The summed E-state index contributed by atoms with van der Waals surface area (Å²) < 4.78 is 8.51. The fourth-order valence-corrected chi connectivity index (χ4v) is 2.80. The molecule has 19 heavy (non-hydrogen) atoms. The molecule has 4 nitrogen and oxygen atoms in total. The van der Waals surface area contributed by atoms with Gasteiger partial charge in [-0.3, -0.25) is 4.68 Å². The summed E-state index contributed by atoms with van der Waals surface area (Å²) in [6.45, 7) is 4.28. The Labute approximate surface area is 122 Å². The maximum absolute atomic E-state index is 5.39. The lowest BCUT2D eigenvalue weighted by atomic mass is 10.1. The first kappa shape index (κ1) is 14.3. The molecule has 2 aromatic rings. The minimum absolute atomic E-state index is 0.254. The molecular formula is C14H20BrN3O. The summed E-state index contributed by atoms with van der Waals surface area (Å²) in [5.74, 6) is 1.02. The zero-order chi connectivity index (χ0) is 13.8. The Morgan fingerprint density at radius 2 is 2.26 bits per heavy atom. The van der Waals surface area contributed by atoms with Crippen LogP contribution in [-0.2, 0) is 6.42 Å². The number of furan rings is 1. The van der Waals surface area contributed by atoms with E-state index in [9.17, 15) is 0 Å². The van der Waals surface area contributed by atoms with Crippen LogP contribution in [0.1, 0.15) is 43.8 Å². The normalized spacial score (nSPS) is 13.1. The van der Waals surface area contributed by atoms with E-state index in [1.54, 1.807) is 6.26 Å². The van der Waals surface area contributed by atoms with E-state index in [1.807, 2.05) is 25.4 Å². The minimum atomic E-state index is 0.254. The molecule has 0 saturated carbocycles. The van der Waals surface area contributed by atoms with Gasteiger partial charge in [-0.2, -0.15) is 5.10 Å². The van der Waals surface area contributed by atoms with Crippen molar-refractivity contribution in [2.75, 3.05) is 7.05 Å². The van der Waals surface area contributed by atoms with E-state index < -0.39 is 0 Å². The molecule has 1 unspecified atom stereocenters. The van der Waals surface area contributed by atoms with Gasteiger partial charge >= 0.3 is 0 Å². The first-order valence-electron chi connectivity index (χ1n) is 6.56. The summed E-state index contributed by atoms with van der Waals surface area (Å²) in [7, 11) is 1.98. The van der Waals surface area contributed by atoms with Crippen LogP contribution in [0.25, 0.3) is 0 Å². The Hall–Kier alpha value is -1.07. The maximum Gasteiger partial charge on any atom is 0.103 e. The van der Waals surface area contributed by atoms with Gasteiger partial charge in [-0.05, 0) is 55.4 Å². The molecule has 104 valence electrons. The maximum atomic E-state index is 5.39. The molecule has 0 radical (unpaired) electrons. The largest absolute Gasteiger partial charge is 0.469 e. The van der Waals surface area contributed by atoms with Gasteiger partial charge in [0.15, 0.2) is 0 Å². The molecule has 2 rings (SSSR count). The predicted molar refractivity (Wildman–Crippen MR) is 79.1 cm³/mol. The SMILES string of the molecule is CNC(CCc1ccco1)c1c(Br)cnn1C(C)C. The highest BCUT2D eigenvalue weighted by Crippen LogP contribution is 2.28. The van der Waals surface area contributed by atoms with Crippen molar-refractivity contribution in [1.29, 1.82) is 0 Å². The summed E-state index contributed by atoms with van der Waals surface area (Å²) in [6.07, 6.45) is 5.47. The Bertz CT molecular complexity index is 505. The van der Waals surface area contributed by atoms with Crippen molar-refractivity contribution < 1.29 is 4.42 Å². The average molecular weight is 326 g/mol. The molecule has 2 heterocycles. The van der Waals surface area contributed by atoms with Crippen LogP contribution in [0.15, 0.2) is 33.5 Å². The molecule has 0 aliphatic heterocycles. The standard InChI is InChI=1S/C14H20BrN3O/c1-10(2)18-14(12(15)9-17-18)13(16-3)7-6-11-5-4-8-19-11/h4-5,8-10,13,16H,6-7H2,1-3H3. The highest BCUT2D eigenvalue weighted by Gasteiger charge is 2.20. The summed E-state index contributed by atoms with van der Waals surface area (Å²) >= 11 is 3.60. The molecule has 0 aliphatic rings. The van der Waals surface area contributed by atoms with Gasteiger partial charge in [0, 0.05) is 12.5 Å². The van der Waals surface area contributed by atoms with E-state index in [2.05, 4.69) is 44.9 Å². The van der Waals surface area contributed by atoms with Crippen molar-refractivity contribution in [3.8, 4) is 0 Å². The van der Waals surface area contributed by atoms with Gasteiger partial charge < -0.3 is 9.73 Å². The van der Waals surface area contributed by atoms with Crippen LogP contribution < -0.4 is 5.32 Å². The van der Waals surface area contributed by atoms with Gasteiger partial charge in [-0.1, -0.05) is 0 Å². The van der Waals surface area contributed by atoms with Crippen molar-refractivity contribution in [2.24, 2.45) is 0 Å². The monoisotopic (exact) mass is 325 g/mol. The van der Waals surface area contributed by atoms with Crippen molar-refractivity contribution in [3.63, 3.8) is 0 Å². The van der Waals surface area contributed by atoms with Crippen LogP contribution in [0.3, 0.4) is 0 Å². The van der Waals surface area contributed by atoms with E-state index >= 15 is 0 Å². The molecule has 0 aromatic carbocycles. The fourth-order valence-electron chi connectivity index (χ4n) is 2.25. The number of aryl methyl sites for hydroxylation is 1. The summed E-state index contributed by atoms with van der Waals surface area (Å²) in [4.78, 5) is 0. The number of nitrogens with one attached hydrogen (secondary N) is 1. The Balaban J connectivity index is 2.15. The number of halogens is 1. The van der Waals surface area contributed by atoms with Crippen molar-refractivity contribution >= 4 is 15.9 Å². The van der Waals surface area contributed by atoms with E-state index in [0.29, 0.717) is 6.04 Å². The molecule has 5 heteroatoms. The summed E-state index contributed by atoms with van der Waals surface area (Å²) in [6, 6.07) is 4.55. The molecule has 0 saturated heterocycles. The number of hydrogen-bond acceptors (Lipinski definition) is 3. The lowest BCUT2D eigenvalue weighted by Crippen LogP contribution is -2.22. The molecule has 1 atom stereocenters. The third-order valence-corrected chi connectivity index (χ3v) is 3.83. The van der Waals surface area contributed by atoms with Crippen molar-refractivity contribution in [3.05, 3.63) is 40.5 Å². The minimum Gasteiger partial charge on any atom is -0.469 e. The van der Waals surface area contributed by atoms with Crippen LogP contribution in [0, 0.1) is 0 Å². The zero-order valence-electron chi connectivity index (χ0n) is 11.6. The number of nitrogens with zero attached hydrogens (tertiary/aromatic N) is 2. The van der Waals surface area contributed by atoms with Crippen LogP contribution in [0.4, 0.5) is 0 Å². The lowest BCUT2D eigenvalue weighted by molar-refractivity contribution is 0.427. The quantitative estimate of drug-likeness (QED) is 0.880. The predicted octanol–water partition coefficient (Wildman–Crippen LogP) is 3.71. The molecule has 2 aromatic heterocycles. The van der Waals surface area contributed by atoms with Crippen LogP contribution in [-0.4, -0.2) is 16.8 Å². The summed E-state index contributed by atoms with van der Waals surface area (Å²) in [5.41, 5.74) is 1.20.